The molecule has 0 radical (unpaired) electrons. The second-order valence-electron chi connectivity index (χ2n) is 4.18. The van der Waals surface area contributed by atoms with Crippen LogP contribution < -0.4 is 16.6 Å². The number of carbonyl (C=O) groups excluding carboxylic acids is 1. The third-order valence-electron chi connectivity index (χ3n) is 2.60. The number of carboxylic acids is 1. The summed E-state index contributed by atoms with van der Waals surface area (Å²) in [7, 11) is 0. The van der Waals surface area contributed by atoms with Gasteiger partial charge in [0.2, 0.25) is 5.82 Å². The number of aromatic nitrogens is 4. The monoisotopic (exact) mass is 295 g/mol. The van der Waals surface area contributed by atoms with Gasteiger partial charge in [0.25, 0.3) is 5.91 Å². The maximum absolute atomic E-state index is 11.6. The molecule has 7 N–H and O–H groups in total. The molecule has 0 aliphatic rings. The van der Waals surface area contributed by atoms with Gasteiger partial charge in [0.1, 0.15) is 11.6 Å². The van der Waals surface area contributed by atoms with E-state index in [1.54, 1.807) is 0 Å². The number of rotatable bonds is 5. The number of aliphatic hydroxyl groups is 1. The lowest BCUT2D eigenvalue weighted by atomic mass is 10.2. The number of H-pyrrole nitrogens is 1. The highest BCUT2D eigenvalue weighted by atomic mass is 16.4. The van der Waals surface area contributed by atoms with Crippen molar-refractivity contribution in [3.05, 3.63) is 12.2 Å². The first-order chi connectivity index (χ1) is 9.90. The lowest BCUT2D eigenvalue weighted by Crippen LogP contribution is -2.49. The van der Waals surface area contributed by atoms with Crippen molar-refractivity contribution >= 4 is 28.9 Å². The molecule has 21 heavy (non-hydrogen) atoms. The third-order valence-corrected chi connectivity index (χ3v) is 2.60. The first-order valence-electron chi connectivity index (χ1n) is 5.84. The fourth-order valence-electron chi connectivity index (χ4n) is 1.44. The number of carbonyl (C=O) groups is 2. The predicted molar refractivity (Wildman–Crippen MR) is 70.1 cm³/mol. The van der Waals surface area contributed by atoms with Crippen molar-refractivity contribution in [2.24, 2.45) is 5.73 Å². The average molecular weight is 295 g/mol. The number of carboxylic acid groups (broad SMARTS) is 1. The number of hydrogen-bond acceptors (Lipinski definition) is 8. The first-order valence-corrected chi connectivity index (χ1v) is 5.84. The summed E-state index contributed by atoms with van der Waals surface area (Å²) in [5.41, 5.74) is 10.5. The average Bonchev–Trinajstić information content (AvgIpc) is 2.91. The predicted octanol–water partition coefficient (Wildman–Crippen LogP) is -1.80. The Labute approximate surface area is 117 Å². The van der Waals surface area contributed by atoms with E-state index in [-0.39, 0.29) is 11.5 Å². The zero-order valence-electron chi connectivity index (χ0n) is 10.9. The minimum absolute atomic E-state index is 0.0149. The van der Waals surface area contributed by atoms with Gasteiger partial charge in [-0.15, -0.1) is 0 Å². The highest BCUT2D eigenvalue weighted by Crippen LogP contribution is 2.15. The summed E-state index contributed by atoms with van der Waals surface area (Å²) in [5, 5.41) is 18.1. The molecule has 2 atom stereocenters. The van der Waals surface area contributed by atoms with Crippen molar-refractivity contribution in [2.75, 3.05) is 5.43 Å². The summed E-state index contributed by atoms with van der Waals surface area (Å²) >= 11 is 0. The van der Waals surface area contributed by atoms with Crippen LogP contribution in [0.25, 0.3) is 11.2 Å². The number of amides is 1. The molecule has 0 bridgehead atoms. The molecule has 0 spiro atoms. The number of aromatic carboxylic acids is 1. The molecule has 0 saturated carbocycles. The zero-order valence-corrected chi connectivity index (χ0v) is 10.9. The van der Waals surface area contributed by atoms with E-state index >= 15 is 0 Å². The van der Waals surface area contributed by atoms with Crippen molar-refractivity contribution in [2.45, 2.75) is 19.1 Å². The second-order valence-corrected chi connectivity index (χ2v) is 4.18. The maximum Gasteiger partial charge on any atom is 0.374 e. The summed E-state index contributed by atoms with van der Waals surface area (Å²) in [6.07, 6.45) is 0.262. The van der Waals surface area contributed by atoms with E-state index in [1.165, 1.54) is 13.3 Å². The van der Waals surface area contributed by atoms with Crippen LogP contribution in [0.3, 0.4) is 0 Å². The van der Waals surface area contributed by atoms with Crippen molar-refractivity contribution in [1.29, 1.82) is 0 Å². The van der Waals surface area contributed by atoms with E-state index in [0.29, 0.717) is 5.52 Å². The van der Waals surface area contributed by atoms with Gasteiger partial charge < -0.3 is 20.9 Å². The van der Waals surface area contributed by atoms with Crippen LogP contribution in [0, 0.1) is 0 Å². The highest BCUT2D eigenvalue weighted by molar-refractivity contribution is 5.91. The van der Waals surface area contributed by atoms with Crippen LogP contribution in [-0.2, 0) is 4.79 Å². The molecule has 0 saturated heterocycles. The van der Waals surface area contributed by atoms with Gasteiger partial charge in [0, 0.05) is 0 Å². The van der Waals surface area contributed by atoms with Gasteiger partial charge in [-0.05, 0) is 6.92 Å². The molecule has 112 valence electrons. The SMILES string of the molecule is C[C@@H](O)[C@H](N)C(=O)NNc1nc(C(=O)O)nc2nc[nH]c12. The van der Waals surface area contributed by atoms with E-state index in [1.807, 2.05) is 0 Å². The molecule has 0 aliphatic heterocycles. The quantitative estimate of drug-likeness (QED) is 0.347. The van der Waals surface area contributed by atoms with Crippen molar-refractivity contribution in [1.82, 2.24) is 25.4 Å². The zero-order chi connectivity index (χ0) is 15.6. The maximum atomic E-state index is 11.6. The third kappa shape index (κ3) is 3.04. The molecule has 2 heterocycles. The van der Waals surface area contributed by atoms with Crippen molar-refractivity contribution in [3.63, 3.8) is 0 Å². The molecule has 0 aliphatic carbocycles. The lowest BCUT2D eigenvalue weighted by Gasteiger charge is -2.15. The Morgan fingerprint density at radius 1 is 1.43 bits per heavy atom. The van der Waals surface area contributed by atoms with Gasteiger partial charge in [0.15, 0.2) is 11.5 Å². The Hall–Kier alpha value is -2.79. The van der Waals surface area contributed by atoms with Crippen molar-refractivity contribution in [3.8, 4) is 0 Å². The standard InChI is InChI=1S/C10H13N7O4/c1-3(18)4(11)9(19)17-16-7-5-6(13-2-12-5)14-8(15-7)10(20)21/h2-4,18H,11H2,1H3,(H,17,19)(H,20,21)(H2,12,13,14,15,16)/t3-,4+/m1/s1. The minimum atomic E-state index is -1.34. The highest BCUT2D eigenvalue weighted by Gasteiger charge is 2.20. The minimum Gasteiger partial charge on any atom is -0.475 e. The molecule has 11 nitrogen and oxygen atoms in total. The summed E-state index contributed by atoms with van der Waals surface area (Å²) in [5.74, 6) is -2.49. The van der Waals surface area contributed by atoms with Gasteiger partial charge in [-0.25, -0.2) is 19.7 Å². The lowest BCUT2D eigenvalue weighted by molar-refractivity contribution is -0.123. The molecular weight excluding hydrogens is 282 g/mol. The molecular formula is C10H13N7O4. The van der Waals surface area contributed by atoms with Gasteiger partial charge in [0.05, 0.1) is 12.4 Å². The Morgan fingerprint density at radius 2 is 2.14 bits per heavy atom. The molecule has 0 fully saturated rings. The summed E-state index contributed by atoms with van der Waals surface area (Å²) in [6.45, 7) is 1.37. The first kappa shape index (κ1) is 14.6. The Kier molecular flexibility index (Phi) is 3.95. The molecule has 0 aromatic carbocycles. The number of fused-ring (bicyclic) bond motifs is 1. The number of nitrogens with two attached hydrogens (primary N) is 1. The van der Waals surface area contributed by atoms with Crippen LogP contribution in [0.15, 0.2) is 6.33 Å². The van der Waals surface area contributed by atoms with Crippen LogP contribution in [0.5, 0.6) is 0 Å². The largest absolute Gasteiger partial charge is 0.475 e. The number of nitrogens with one attached hydrogen (secondary N) is 3. The van der Waals surface area contributed by atoms with Crippen LogP contribution in [0.4, 0.5) is 5.82 Å². The number of imidazole rings is 1. The van der Waals surface area contributed by atoms with E-state index in [4.69, 9.17) is 10.8 Å². The number of hydrazine groups is 1. The molecule has 11 heteroatoms. The summed E-state index contributed by atoms with van der Waals surface area (Å²) < 4.78 is 0. The van der Waals surface area contributed by atoms with Gasteiger partial charge in [-0.2, -0.15) is 0 Å². The molecule has 2 aromatic heterocycles. The fraction of sp³-hybridized carbons (Fsp3) is 0.300. The van der Waals surface area contributed by atoms with E-state index < -0.39 is 29.8 Å². The summed E-state index contributed by atoms with van der Waals surface area (Å²) in [4.78, 5) is 36.5. The summed E-state index contributed by atoms with van der Waals surface area (Å²) in [6, 6.07) is -1.14. The smallest absolute Gasteiger partial charge is 0.374 e. The number of aliphatic hydroxyl groups excluding tert-OH is 1. The number of hydrogen-bond donors (Lipinski definition) is 6. The Balaban J connectivity index is 2.23. The van der Waals surface area contributed by atoms with E-state index in [2.05, 4.69) is 30.8 Å². The van der Waals surface area contributed by atoms with Crippen LogP contribution in [-0.4, -0.2) is 54.2 Å². The number of aromatic amines is 1. The fourth-order valence-corrected chi connectivity index (χ4v) is 1.44. The molecule has 2 rings (SSSR count). The molecule has 0 unspecified atom stereocenters. The number of nitrogens with zero attached hydrogens (tertiary/aromatic N) is 3. The van der Waals surface area contributed by atoms with Crippen molar-refractivity contribution < 1.29 is 19.8 Å². The van der Waals surface area contributed by atoms with Crippen LogP contribution >= 0.6 is 0 Å². The van der Waals surface area contributed by atoms with E-state index in [9.17, 15) is 14.7 Å². The topological polar surface area (TPSA) is 179 Å². The Morgan fingerprint density at radius 3 is 2.76 bits per heavy atom. The van der Waals surface area contributed by atoms with Gasteiger partial charge in [-0.3, -0.25) is 15.6 Å². The molecule has 1 amide bonds. The molecule has 2 aromatic rings. The van der Waals surface area contributed by atoms with Gasteiger partial charge >= 0.3 is 5.97 Å². The van der Waals surface area contributed by atoms with Gasteiger partial charge in [-0.1, -0.05) is 0 Å². The second kappa shape index (κ2) is 5.68. The normalized spacial score (nSPS) is 13.7. The van der Waals surface area contributed by atoms with Crippen LogP contribution in [0.1, 0.15) is 17.5 Å². The van der Waals surface area contributed by atoms with E-state index in [0.717, 1.165) is 0 Å². The Bertz CT molecular complexity index is 683. The number of anilines is 1. The van der Waals surface area contributed by atoms with Crippen LogP contribution in [0.2, 0.25) is 0 Å².